The lowest BCUT2D eigenvalue weighted by atomic mass is 9.90. The molecule has 3 aromatic heterocycles. The van der Waals surface area contributed by atoms with Crippen LogP contribution in [0.5, 0.6) is 0 Å². The number of fused-ring (bicyclic) bond motifs is 1. The second-order valence-corrected chi connectivity index (χ2v) is 9.30. The van der Waals surface area contributed by atoms with Crippen molar-refractivity contribution in [2.75, 3.05) is 0 Å². The van der Waals surface area contributed by atoms with Crippen LogP contribution in [0.1, 0.15) is 40.9 Å². The third-order valence-corrected chi connectivity index (χ3v) is 6.88. The zero-order chi connectivity index (χ0) is 20.0. The van der Waals surface area contributed by atoms with Crippen LogP contribution in [-0.4, -0.2) is 16.1 Å². The number of rotatable bonds is 4. The number of aromatic nitrogens is 2. The van der Waals surface area contributed by atoms with Crippen LogP contribution in [0.2, 0.25) is 0 Å². The average Bonchev–Trinajstić information content (AvgIpc) is 3.45. The maximum Gasteiger partial charge on any atom is 0.281 e. The Labute approximate surface area is 176 Å². The van der Waals surface area contributed by atoms with Gasteiger partial charge in [0.1, 0.15) is 11.5 Å². The molecule has 0 radical (unpaired) electrons. The number of hydrogen-bond donors (Lipinski definition) is 1. The van der Waals surface area contributed by atoms with Crippen molar-refractivity contribution in [2.45, 2.75) is 45.3 Å². The molecule has 1 aliphatic carbocycles. The largest absolute Gasteiger partial charge is 0.466 e. The highest BCUT2D eigenvalue weighted by Crippen LogP contribution is 2.37. The molecule has 0 saturated carbocycles. The van der Waals surface area contributed by atoms with Gasteiger partial charge in [0.15, 0.2) is 0 Å². The third kappa shape index (κ3) is 3.72. The van der Waals surface area contributed by atoms with E-state index in [1.54, 1.807) is 16.7 Å². The normalized spacial score (nSPS) is 19.8. The summed E-state index contributed by atoms with van der Waals surface area (Å²) in [7, 11) is 0. The molecule has 1 N–H and O–H groups in total. The summed E-state index contributed by atoms with van der Waals surface area (Å²) in [6.07, 6.45) is 3.53. The van der Waals surface area contributed by atoms with Gasteiger partial charge in [-0.15, -0.1) is 26.6 Å². The van der Waals surface area contributed by atoms with E-state index < -0.39 is 0 Å². The van der Waals surface area contributed by atoms with Gasteiger partial charge in [0, 0.05) is 10.3 Å². The minimum absolute atomic E-state index is 0.460. The highest BCUT2D eigenvalue weighted by Gasteiger charge is 2.22. The smallest absolute Gasteiger partial charge is 0.281 e. The van der Waals surface area contributed by atoms with Crippen LogP contribution in [0.25, 0.3) is 10.8 Å². The summed E-state index contributed by atoms with van der Waals surface area (Å²) in [4.78, 5) is 2.49. The molecule has 0 spiro atoms. The highest BCUT2D eigenvalue weighted by molar-refractivity contribution is 8.01. The Kier molecular flexibility index (Phi) is 4.71. The lowest BCUT2D eigenvalue weighted by Gasteiger charge is -2.16. The molecule has 0 aromatic carbocycles. The van der Waals surface area contributed by atoms with Gasteiger partial charge in [-0.05, 0) is 68.5 Å². The van der Waals surface area contributed by atoms with E-state index in [1.807, 2.05) is 19.9 Å². The summed E-state index contributed by atoms with van der Waals surface area (Å²) in [5.41, 5.74) is 5.12. The molecule has 7 nitrogen and oxygen atoms in total. The Bertz CT molecular complexity index is 1120. The van der Waals surface area contributed by atoms with E-state index in [2.05, 4.69) is 33.7 Å². The fourth-order valence-electron chi connectivity index (χ4n) is 3.54. The number of nitrogens with zero attached hydrogens (tertiary/aromatic N) is 3. The molecule has 1 atom stereocenters. The molecule has 2 aliphatic rings. The Hall–Kier alpha value is -2.52. The first-order chi connectivity index (χ1) is 14.0. The second kappa shape index (κ2) is 7.38. The molecule has 0 bridgehead atoms. The number of thioether (sulfide) groups is 1. The van der Waals surface area contributed by atoms with Crippen molar-refractivity contribution in [3.8, 4) is 10.8 Å². The van der Waals surface area contributed by atoms with Crippen molar-refractivity contribution in [3.05, 3.63) is 50.9 Å². The van der Waals surface area contributed by atoms with Crippen molar-refractivity contribution in [1.82, 2.24) is 15.6 Å². The first-order valence-electron chi connectivity index (χ1n) is 9.46. The quantitative estimate of drug-likeness (QED) is 0.585. The minimum Gasteiger partial charge on any atom is -0.466 e. The van der Waals surface area contributed by atoms with Crippen LogP contribution < -0.4 is 5.43 Å². The summed E-state index contributed by atoms with van der Waals surface area (Å²) >= 11 is 3.06. The van der Waals surface area contributed by atoms with Gasteiger partial charge in [0.05, 0.1) is 10.4 Å². The highest BCUT2D eigenvalue weighted by atomic mass is 32.2. The molecular formula is C20H20N4O3S2. The summed E-state index contributed by atoms with van der Waals surface area (Å²) < 4.78 is 17.1. The van der Waals surface area contributed by atoms with Gasteiger partial charge in [-0.25, -0.2) is 5.43 Å². The lowest BCUT2D eigenvalue weighted by Crippen LogP contribution is -2.07. The molecule has 0 saturated heterocycles. The lowest BCUT2D eigenvalue weighted by molar-refractivity contribution is 0.417. The van der Waals surface area contributed by atoms with Crippen molar-refractivity contribution in [2.24, 2.45) is 11.0 Å². The number of thiophene rings is 1. The molecule has 4 heterocycles. The second-order valence-electron chi connectivity index (χ2n) is 7.34. The van der Waals surface area contributed by atoms with Crippen molar-refractivity contribution in [1.29, 1.82) is 0 Å². The van der Waals surface area contributed by atoms with E-state index >= 15 is 0 Å². The zero-order valence-electron chi connectivity index (χ0n) is 16.3. The first-order valence-corrected chi connectivity index (χ1v) is 11.2. The standard InChI is InChI=1S/C20H20N4O3S2/c1-10-4-5-15-13(6-10)8-16(29-15)19-23-24-20(27-19)28-9-17-21-22-18(26-17)14-7-11(2)25-12(14)3/h7-10,21H,4-6H2,1-3H3. The van der Waals surface area contributed by atoms with Crippen molar-refractivity contribution in [3.63, 3.8) is 0 Å². The molecule has 3 aromatic rings. The summed E-state index contributed by atoms with van der Waals surface area (Å²) in [6.45, 7) is 6.08. The fourth-order valence-corrected chi connectivity index (χ4v) is 5.19. The van der Waals surface area contributed by atoms with E-state index in [0.717, 1.165) is 40.7 Å². The van der Waals surface area contributed by atoms with Gasteiger partial charge in [-0.3, -0.25) is 0 Å². The molecule has 1 unspecified atom stereocenters. The predicted molar refractivity (Wildman–Crippen MR) is 112 cm³/mol. The zero-order valence-corrected chi connectivity index (χ0v) is 17.9. The Morgan fingerprint density at radius 1 is 1.24 bits per heavy atom. The molecule has 9 heteroatoms. The van der Waals surface area contributed by atoms with Crippen molar-refractivity contribution >= 4 is 29.0 Å². The first kappa shape index (κ1) is 18.5. The Balaban J connectivity index is 1.25. The van der Waals surface area contributed by atoms with Crippen molar-refractivity contribution < 1.29 is 13.6 Å². The van der Waals surface area contributed by atoms with Gasteiger partial charge < -0.3 is 13.6 Å². The van der Waals surface area contributed by atoms with E-state index in [0.29, 0.717) is 22.9 Å². The van der Waals surface area contributed by atoms with Gasteiger partial charge in [0.2, 0.25) is 11.8 Å². The van der Waals surface area contributed by atoms with Crippen LogP contribution in [-0.2, 0) is 17.6 Å². The molecule has 1 aliphatic heterocycles. The van der Waals surface area contributed by atoms with E-state index in [9.17, 15) is 0 Å². The summed E-state index contributed by atoms with van der Waals surface area (Å²) in [6, 6.07) is 4.10. The average molecular weight is 429 g/mol. The molecular weight excluding hydrogens is 408 g/mol. The van der Waals surface area contributed by atoms with Gasteiger partial charge in [0.25, 0.3) is 11.1 Å². The number of furan rings is 1. The van der Waals surface area contributed by atoms with Crippen LogP contribution in [0, 0.1) is 19.8 Å². The topological polar surface area (TPSA) is 85.7 Å². The molecule has 0 amide bonds. The SMILES string of the molecule is Cc1cc(C2=NNC(=CSc3nnc(-c4cc5c(s4)CCC(C)C5)o3)O2)c(C)o1. The Morgan fingerprint density at radius 2 is 2.14 bits per heavy atom. The predicted octanol–water partition coefficient (Wildman–Crippen LogP) is 5.01. The van der Waals surface area contributed by atoms with E-state index in [4.69, 9.17) is 13.6 Å². The van der Waals surface area contributed by atoms with Gasteiger partial charge in [-0.2, -0.15) is 0 Å². The number of ether oxygens (including phenoxy) is 1. The number of hydrazone groups is 1. The summed E-state index contributed by atoms with van der Waals surface area (Å²) in [5, 5.41) is 14.8. The number of nitrogens with one attached hydrogen (secondary N) is 1. The van der Waals surface area contributed by atoms with E-state index in [-0.39, 0.29) is 0 Å². The van der Waals surface area contributed by atoms with Crippen LogP contribution in [0.3, 0.4) is 0 Å². The maximum atomic E-state index is 5.84. The third-order valence-electron chi connectivity index (χ3n) is 4.96. The van der Waals surface area contributed by atoms with Gasteiger partial charge in [-0.1, -0.05) is 6.92 Å². The molecule has 150 valence electrons. The van der Waals surface area contributed by atoms with Crippen LogP contribution in [0.15, 0.2) is 42.6 Å². The number of hydrogen-bond acceptors (Lipinski definition) is 9. The molecule has 5 rings (SSSR count). The fraction of sp³-hybridized carbons (Fsp3) is 0.350. The molecule has 0 fully saturated rings. The number of aryl methyl sites for hydroxylation is 3. The van der Waals surface area contributed by atoms with Crippen LogP contribution >= 0.6 is 23.1 Å². The van der Waals surface area contributed by atoms with E-state index in [1.165, 1.54) is 28.6 Å². The summed E-state index contributed by atoms with van der Waals surface area (Å²) in [5.74, 6) is 3.88. The van der Waals surface area contributed by atoms with Crippen LogP contribution in [0.4, 0.5) is 0 Å². The maximum absolute atomic E-state index is 5.84. The minimum atomic E-state index is 0.460. The molecule has 29 heavy (non-hydrogen) atoms. The van der Waals surface area contributed by atoms with Gasteiger partial charge >= 0.3 is 0 Å². The Morgan fingerprint density at radius 3 is 2.97 bits per heavy atom. The monoisotopic (exact) mass is 428 g/mol.